The van der Waals surface area contributed by atoms with Crippen molar-refractivity contribution in [3.63, 3.8) is 0 Å². The van der Waals surface area contributed by atoms with Crippen LogP contribution < -0.4 is 5.32 Å². The van der Waals surface area contributed by atoms with Crippen LogP contribution in [-0.4, -0.2) is 46.1 Å². The molecule has 214 valence electrons. The Labute approximate surface area is 227 Å². The monoisotopic (exact) mass is 519 g/mol. The van der Waals surface area contributed by atoms with Crippen LogP contribution in [0, 0.1) is 0 Å². The molecule has 0 spiro atoms. The van der Waals surface area contributed by atoms with Gasteiger partial charge in [-0.1, -0.05) is 94.1 Å². The largest absolute Gasteiger partial charge is 0.394 e. The second-order valence-electron chi connectivity index (χ2n) is 9.98. The highest BCUT2D eigenvalue weighted by atomic mass is 16.3. The van der Waals surface area contributed by atoms with E-state index in [4.69, 9.17) is 0 Å². The van der Waals surface area contributed by atoms with Crippen LogP contribution in [0.4, 0.5) is 0 Å². The van der Waals surface area contributed by atoms with Crippen LogP contribution in [0.2, 0.25) is 0 Å². The molecule has 0 fully saturated rings. The van der Waals surface area contributed by atoms with E-state index in [0.29, 0.717) is 12.8 Å². The molecule has 0 aliphatic heterocycles. The van der Waals surface area contributed by atoms with Crippen molar-refractivity contribution in [3.05, 3.63) is 48.6 Å². The number of carbonyl (C=O) groups is 1. The first-order valence-corrected chi connectivity index (χ1v) is 14.9. The molecule has 5 nitrogen and oxygen atoms in total. The van der Waals surface area contributed by atoms with Gasteiger partial charge in [-0.25, -0.2) is 0 Å². The maximum absolute atomic E-state index is 12.2. The van der Waals surface area contributed by atoms with Crippen LogP contribution >= 0.6 is 0 Å². The number of hydrogen-bond acceptors (Lipinski definition) is 4. The Bertz CT molecular complexity index is 626. The van der Waals surface area contributed by atoms with Crippen LogP contribution in [0.3, 0.4) is 0 Å². The summed E-state index contributed by atoms with van der Waals surface area (Å²) in [5.74, 6) is -0.178. The van der Waals surface area contributed by atoms with Crippen molar-refractivity contribution in [3.8, 4) is 0 Å². The molecule has 0 saturated carbocycles. The minimum atomic E-state index is -1.17. The number of unbranched alkanes of at least 4 members (excludes halogenated alkanes) is 11. The minimum Gasteiger partial charge on any atom is -0.394 e. The van der Waals surface area contributed by atoms with Gasteiger partial charge in [0, 0.05) is 6.42 Å². The summed E-state index contributed by atoms with van der Waals surface area (Å²) in [6.07, 6.45) is 32.2. The van der Waals surface area contributed by atoms with Crippen molar-refractivity contribution in [1.29, 1.82) is 0 Å². The van der Waals surface area contributed by atoms with E-state index >= 15 is 0 Å². The zero-order valence-corrected chi connectivity index (χ0v) is 23.8. The Morgan fingerprint density at radius 1 is 0.730 bits per heavy atom. The number of nitrogens with one attached hydrogen (secondary N) is 1. The van der Waals surface area contributed by atoms with Gasteiger partial charge in [0.2, 0.25) is 5.91 Å². The minimum absolute atomic E-state index is 0.178. The van der Waals surface area contributed by atoms with Crippen molar-refractivity contribution >= 4 is 5.91 Å². The van der Waals surface area contributed by atoms with Crippen LogP contribution in [0.5, 0.6) is 0 Å². The highest BCUT2D eigenvalue weighted by Crippen LogP contribution is 2.12. The molecule has 0 saturated heterocycles. The third kappa shape index (κ3) is 23.2. The summed E-state index contributed by atoms with van der Waals surface area (Å²) < 4.78 is 0. The molecule has 0 heterocycles. The zero-order valence-electron chi connectivity index (χ0n) is 23.8. The number of amides is 1. The van der Waals surface area contributed by atoms with Gasteiger partial charge in [-0.3, -0.25) is 4.79 Å². The molecule has 0 aliphatic carbocycles. The van der Waals surface area contributed by atoms with E-state index in [9.17, 15) is 20.1 Å². The fraction of sp³-hybridized carbons (Fsp3) is 0.719. The summed E-state index contributed by atoms with van der Waals surface area (Å²) in [4.78, 5) is 12.2. The van der Waals surface area contributed by atoms with Crippen molar-refractivity contribution in [1.82, 2.24) is 5.32 Å². The van der Waals surface area contributed by atoms with E-state index in [0.717, 1.165) is 51.4 Å². The summed E-state index contributed by atoms with van der Waals surface area (Å²) in [6.45, 7) is 3.85. The Balaban J connectivity index is 3.83. The van der Waals surface area contributed by atoms with E-state index < -0.39 is 24.9 Å². The Kier molecular flexibility index (Phi) is 26.1. The van der Waals surface area contributed by atoms with Crippen LogP contribution in [-0.2, 0) is 4.79 Å². The molecule has 3 unspecified atom stereocenters. The van der Waals surface area contributed by atoms with E-state index in [1.807, 2.05) is 13.0 Å². The average molecular weight is 520 g/mol. The van der Waals surface area contributed by atoms with E-state index in [1.165, 1.54) is 44.9 Å². The van der Waals surface area contributed by atoms with Crippen molar-refractivity contribution in [2.45, 2.75) is 141 Å². The molecule has 4 N–H and O–H groups in total. The average Bonchev–Trinajstić information content (AvgIpc) is 2.90. The normalized spacial score (nSPS) is 14.8. The number of hydrogen-bond donors (Lipinski definition) is 4. The molecule has 0 aliphatic rings. The molecule has 0 aromatic heterocycles. The molecule has 0 radical (unpaired) electrons. The van der Waals surface area contributed by atoms with Crippen molar-refractivity contribution in [2.75, 3.05) is 6.61 Å². The van der Waals surface area contributed by atoms with E-state index in [-0.39, 0.29) is 5.91 Å². The van der Waals surface area contributed by atoms with Crippen molar-refractivity contribution in [2.24, 2.45) is 0 Å². The summed E-state index contributed by atoms with van der Waals surface area (Å²) in [5, 5.41) is 32.9. The lowest BCUT2D eigenvalue weighted by Crippen LogP contribution is -2.50. The van der Waals surface area contributed by atoms with Gasteiger partial charge in [0.1, 0.15) is 6.10 Å². The number of aliphatic hydroxyl groups is 3. The maximum atomic E-state index is 12.2. The fourth-order valence-electron chi connectivity index (χ4n) is 4.11. The quantitative estimate of drug-likeness (QED) is 0.0589. The lowest BCUT2D eigenvalue weighted by molar-refractivity contribution is -0.124. The van der Waals surface area contributed by atoms with E-state index in [2.05, 4.69) is 54.8 Å². The van der Waals surface area contributed by atoms with Crippen LogP contribution in [0.15, 0.2) is 48.6 Å². The number of carbonyl (C=O) groups excluding carboxylic acids is 1. The second kappa shape index (κ2) is 27.3. The third-order valence-electron chi connectivity index (χ3n) is 6.50. The van der Waals surface area contributed by atoms with Crippen molar-refractivity contribution < 1.29 is 20.1 Å². The molecule has 5 heteroatoms. The van der Waals surface area contributed by atoms with Gasteiger partial charge >= 0.3 is 0 Å². The summed E-state index contributed by atoms with van der Waals surface area (Å²) in [7, 11) is 0. The third-order valence-corrected chi connectivity index (χ3v) is 6.50. The Hall–Kier alpha value is -1.69. The predicted octanol–water partition coefficient (Wildman–Crippen LogP) is 7.08. The van der Waals surface area contributed by atoms with Gasteiger partial charge in [-0.05, 0) is 71.1 Å². The van der Waals surface area contributed by atoms with Crippen LogP contribution in [0.25, 0.3) is 0 Å². The van der Waals surface area contributed by atoms with Gasteiger partial charge in [0.15, 0.2) is 0 Å². The highest BCUT2D eigenvalue weighted by molar-refractivity contribution is 5.76. The molecular formula is C32H57NO4. The Morgan fingerprint density at radius 3 is 1.95 bits per heavy atom. The molecular weight excluding hydrogens is 462 g/mol. The molecule has 0 bridgehead atoms. The lowest BCUT2D eigenvalue weighted by Gasteiger charge is -2.26. The van der Waals surface area contributed by atoms with Crippen LogP contribution in [0.1, 0.15) is 123 Å². The smallest absolute Gasteiger partial charge is 0.220 e. The van der Waals surface area contributed by atoms with Gasteiger partial charge in [-0.15, -0.1) is 0 Å². The first kappa shape index (κ1) is 35.3. The second-order valence-corrected chi connectivity index (χ2v) is 9.98. The molecule has 0 rings (SSSR count). The van der Waals surface area contributed by atoms with Gasteiger partial charge in [0.05, 0.1) is 18.8 Å². The number of allylic oxidation sites excluding steroid dienone is 8. The van der Waals surface area contributed by atoms with Gasteiger partial charge in [0.25, 0.3) is 0 Å². The topological polar surface area (TPSA) is 89.8 Å². The molecule has 37 heavy (non-hydrogen) atoms. The van der Waals surface area contributed by atoms with Gasteiger partial charge < -0.3 is 20.6 Å². The summed E-state index contributed by atoms with van der Waals surface area (Å²) >= 11 is 0. The van der Waals surface area contributed by atoms with Gasteiger partial charge in [-0.2, -0.15) is 0 Å². The number of aliphatic hydroxyl groups excluding tert-OH is 3. The molecule has 0 aromatic rings. The highest BCUT2D eigenvalue weighted by Gasteiger charge is 2.26. The first-order valence-electron chi connectivity index (χ1n) is 14.9. The maximum Gasteiger partial charge on any atom is 0.220 e. The first-order chi connectivity index (χ1) is 18.1. The zero-order chi connectivity index (χ0) is 27.4. The van der Waals surface area contributed by atoms with E-state index in [1.54, 1.807) is 0 Å². The SMILES string of the molecule is C/C=C/CC/C=C/CCCC(O)C(O)C(CO)NC(=O)CCCCCCCC/C=C\C=C/CCCCC. The summed E-state index contributed by atoms with van der Waals surface area (Å²) in [5.41, 5.74) is 0. The fourth-order valence-corrected chi connectivity index (χ4v) is 4.11. The molecule has 0 aromatic carbocycles. The lowest BCUT2D eigenvalue weighted by atomic mass is 10.0. The summed E-state index contributed by atoms with van der Waals surface area (Å²) in [6, 6.07) is -0.835. The Morgan fingerprint density at radius 2 is 1.30 bits per heavy atom. The molecule has 3 atom stereocenters. The number of rotatable bonds is 25. The molecule has 1 amide bonds. The standard InChI is InChI=1S/C32H57NO4/c1-3-5-7-9-11-13-14-15-16-17-18-19-21-23-25-27-31(36)33-29(28-34)32(37)30(35)26-24-22-20-12-10-8-6-4-2/h4,6,11-15,20,29-30,32,34-35,37H,3,5,7-10,16-19,21-28H2,1-2H3,(H,33,36)/b6-4+,13-11-,15-14-,20-12+. The predicted molar refractivity (Wildman–Crippen MR) is 157 cm³/mol.